The van der Waals surface area contributed by atoms with Crippen LogP contribution in [0.4, 0.5) is 0 Å². The van der Waals surface area contributed by atoms with Crippen molar-refractivity contribution in [2.75, 3.05) is 20.6 Å². The molecule has 0 bridgehead atoms. The molecule has 0 aliphatic rings. The minimum Gasteiger partial charge on any atom is -0.423 e. The number of benzene rings is 2. The van der Waals surface area contributed by atoms with Crippen molar-refractivity contribution in [3.8, 4) is 5.75 Å². The number of Topliss-reactive ketones (excluding diaryl/α,β-unsaturated/α-hetero) is 1. The van der Waals surface area contributed by atoms with E-state index in [0.29, 0.717) is 23.4 Å². The molecule has 2 rings (SSSR count). The zero-order valence-electron chi connectivity index (χ0n) is 12.4. The molecule has 0 aliphatic heterocycles. The summed E-state index contributed by atoms with van der Waals surface area (Å²) in [6, 6.07) is 13.5. The number of likely N-dealkylation sites (N-methyl/N-ethyl adjacent to an activating group) is 1. The van der Waals surface area contributed by atoms with E-state index in [9.17, 15) is 9.59 Å². The topological polar surface area (TPSA) is 46.6 Å². The number of hydrogen-bond acceptors (Lipinski definition) is 4. The standard InChI is InChI=1S/C17H16BrNO3/c1-19(2)11-16(20)12-6-8-15(9-7-12)22-17(21)13-4-3-5-14(18)10-13/h3-10H,11H2,1-2H3. The number of carbonyl (C=O) groups excluding carboxylic acids is 2. The van der Waals surface area contributed by atoms with E-state index in [1.165, 1.54) is 0 Å². The van der Waals surface area contributed by atoms with Gasteiger partial charge in [0.2, 0.25) is 0 Å². The molecular formula is C17H16BrNO3. The van der Waals surface area contributed by atoms with Crippen molar-refractivity contribution in [3.05, 3.63) is 64.1 Å². The zero-order chi connectivity index (χ0) is 16.1. The Morgan fingerprint density at radius 3 is 2.32 bits per heavy atom. The maximum Gasteiger partial charge on any atom is 0.343 e. The van der Waals surface area contributed by atoms with Crippen LogP contribution in [-0.2, 0) is 0 Å². The van der Waals surface area contributed by atoms with E-state index in [0.717, 1.165) is 4.47 Å². The molecule has 2 aromatic carbocycles. The van der Waals surface area contributed by atoms with Crippen molar-refractivity contribution in [1.29, 1.82) is 0 Å². The van der Waals surface area contributed by atoms with Crippen molar-refractivity contribution < 1.29 is 14.3 Å². The molecule has 0 heterocycles. The monoisotopic (exact) mass is 361 g/mol. The molecule has 0 unspecified atom stereocenters. The Morgan fingerprint density at radius 1 is 1.05 bits per heavy atom. The number of ether oxygens (including phenoxy) is 1. The van der Waals surface area contributed by atoms with Gasteiger partial charge in [-0.3, -0.25) is 4.79 Å². The van der Waals surface area contributed by atoms with Crippen molar-refractivity contribution in [2.24, 2.45) is 0 Å². The first-order valence-electron chi connectivity index (χ1n) is 6.71. The van der Waals surface area contributed by atoms with Gasteiger partial charge in [-0.2, -0.15) is 0 Å². The second kappa shape index (κ2) is 7.33. The van der Waals surface area contributed by atoms with Gasteiger partial charge in [-0.15, -0.1) is 0 Å². The molecule has 0 spiro atoms. The Bertz CT molecular complexity index is 681. The molecule has 0 aromatic heterocycles. The number of nitrogens with zero attached hydrogens (tertiary/aromatic N) is 1. The van der Waals surface area contributed by atoms with Crippen LogP contribution < -0.4 is 4.74 Å². The molecule has 0 saturated heterocycles. The molecule has 0 radical (unpaired) electrons. The first-order chi connectivity index (χ1) is 10.5. The van der Waals surface area contributed by atoms with Crippen molar-refractivity contribution in [3.63, 3.8) is 0 Å². The van der Waals surface area contributed by atoms with Gasteiger partial charge in [0, 0.05) is 10.0 Å². The number of ketones is 1. The normalized spacial score (nSPS) is 10.5. The first kappa shape index (κ1) is 16.4. The van der Waals surface area contributed by atoms with Crippen molar-refractivity contribution in [1.82, 2.24) is 4.90 Å². The van der Waals surface area contributed by atoms with Gasteiger partial charge in [0.1, 0.15) is 5.75 Å². The van der Waals surface area contributed by atoms with Gasteiger partial charge in [-0.05, 0) is 56.6 Å². The van der Waals surface area contributed by atoms with Crippen LogP contribution in [0.3, 0.4) is 0 Å². The van der Waals surface area contributed by atoms with E-state index in [1.54, 1.807) is 42.5 Å². The predicted octanol–water partition coefficient (Wildman–Crippen LogP) is 3.41. The highest BCUT2D eigenvalue weighted by atomic mass is 79.9. The van der Waals surface area contributed by atoms with Gasteiger partial charge in [0.25, 0.3) is 0 Å². The molecule has 0 saturated carbocycles. The molecule has 22 heavy (non-hydrogen) atoms. The third-order valence-electron chi connectivity index (χ3n) is 2.91. The summed E-state index contributed by atoms with van der Waals surface area (Å²) < 4.78 is 6.10. The van der Waals surface area contributed by atoms with E-state index < -0.39 is 5.97 Å². The number of carbonyl (C=O) groups is 2. The summed E-state index contributed by atoms with van der Waals surface area (Å²) in [6.07, 6.45) is 0. The van der Waals surface area contributed by atoms with Crippen LogP contribution in [0, 0.1) is 0 Å². The first-order valence-corrected chi connectivity index (χ1v) is 7.51. The highest BCUT2D eigenvalue weighted by molar-refractivity contribution is 9.10. The van der Waals surface area contributed by atoms with Crippen LogP contribution in [0.25, 0.3) is 0 Å². The average molecular weight is 362 g/mol. The highest BCUT2D eigenvalue weighted by Crippen LogP contribution is 2.17. The van der Waals surface area contributed by atoms with Crippen LogP contribution in [0.2, 0.25) is 0 Å². The summed E-state index contributed by atoms with van der Waals surface area (Å²) in [6.45, 7) is 0.344. The minimum absolute atomic E-state index is 0.0230. The SMILES string of the molecule is CN(C)CC(=O)c1ccc(OC(=O)c2cccc(Br)c2)cc1. The van der Waals surface area contributed by atoms with Crippen LogP contribution in [0.5, 0.6) is 5.75 Å². The molecule has 114 valence electrons. The number of halogens is 1. The summed E-state index contributed by atoms with van der Waals surface area (Å²) in [5, 5.41) is 0. The molecule has 0 fully saturated rings. The molecule has 4 nitrogen and oxygen atoms in total. The molecule has 0 N–H and O–H groups in total. The lowest BCUT2D eigenvalue weighted by atomic mass is 10.1. The molecule has 0 amide bonds. The second-order valence-corrected chi connectivity index (χ2v) is 6.00. The fourth-order valence-electron chi connectivity index (χ4n) is 1.87. The Hall–Kier alpha value is -1.98. The third kappa shape index (κ3) is 4.51. The summed E-state index contributed by atoms with van der Waals surface area (Å²) in [5.41, 5.74) is 1.05. The maximum absolute atomic E-state index is 12.0. The fraction of sp³-hybridized carbons (Fsp3) is 0.176. The smallest absolute Gasteiger partial charge is 0.343 e. The van der Waals surface area contributed by atoms with Gasteiger partial charge in [0.15, 0.2) is 5.78 Å². The second-order valence-electron chi connectivity index (χ2n) is 5.09. The minimum atomic E-state index is -0.436. The lowest BCUT2D eigenvalue weighted by Gasteiger charge is -2.09. The van der Waals surface area contributed by atoms with E-state index >= 15 is 0 Å². The van der Waals surface area contributed by atoms with Crippen LogP contribution >= 0.6 is 15.9 Å². The van der Waals surface area contributed by atoms with E-state index in [-0.39, 0.29) is 5.78 Å². The van der Waals surface area contributed by atoms with Gasteiger partial charge in [0.05, 0.1) is 12.1 Å². The van der Waals surface area contributed by atoms with Gasteiger partial charge in [-0.1, -0.05) is 22.0 Å². The van der Waals surface area contributed by atoms with Gasteiger partial charge in [-0.25, -0.2) is 4.79 Å². The summed E-state index contributed by atoms with van der Waals surface area (Å²) in [4.78, 5) is 25.7. The molecule has 2 aromatic rings. The third-order valence-corrected chi connectivity index (χ3v) is 3.40. The molecule has 5 heteroatoms. The van der Waals surface area contributed by atoms with Crippen LogP contribution in [0.15, 0.2) is 53.0 Å². The summed E-state index contributed by atoms with van der Waals surface area (Å²) in [5.74, 6) is -0.00471. The van der Waals surface area contributed by atoms with Crippen LogP contribution in [0.1, 0.15) is 20.7 Å². The number of rotatable bonds is 5. The Morgan fingerprint density at radius 2 is 1.73 bits per heavy atom. The van der Waals surface area contributed by atoms with E-state index in [4.69, 9.17) is 4.74 Å². The van der Waals surface area contributed by atoms with E-state index in [2.05, 4.69) is 15.9 Å². The van der Waals surface area contributed by atoms with Gasteiger partial charge < -0.3 is 9.64 Å². The number of hydrogen-bond donors (Lipinski definition) is 0. The maximum atomic E-state index is 12.0. The predicted molar refractivity (Wildman–Crippen MR) is 88.4 cm³/mol. The Kier molecular flexibility index (Phi) is 5.46. The highest BCUT2D eigenvalue weighted by Gasteiger charge is 2.10. The quantitative estimate of drug-likeness (QED) is 0.465. The largest absolute Gasteiger partial charge is 0.423 e. The lowest BCUT2D eigenvalue weighted by Crippen LogP contribution is -2.21. The van der Waals surface area contributed by atoms with Crippen molar-refractivity contribution >= 4 is 27.7 Å². The Labute approximate surface area is 137 Å². The summed E-state index contributed by atoms with van der Waals surface area (Å²) >= 11 is 3.31. The van der Waals surface area contributed by atoms with E-state index in [1.807, 2.05) is 25.1 Å². The van der Waals surface area contributed by atoms with Gasteiger partial charge >= 0.3 is 5.97 Å². The average Bonchev–Trinajstić information content (AvgIpc) is 2.47. The Balaban J connectivity index is 2.05. The zero-order valence-corrected chi connectivity index (χ0v) is 14.0. The fourth-order valence-corrected chi connectivity index (χ4v) is 2.27. The van der Waals surface area contributed by atoms with Crippen LogP contribution in [-0.4, -0.2) is 37.3 Å². The number of esters is 1. The summed E-state index contributed by atoms with van der Waals surface area (Å²) in [7, 11) is 3.68. The molecular weight excluding hydrogens is 346 g/mol. The molecule has 0 atom stereocenters. The van der Waals surface area contributed by atoms with Crippen molar-refractivity contribution in [2.45, 2.75) is 0 Å². The lowest BCUT2D eigenvalue weighted by molar-refractivity contribution is 0.0734. The molecule has 0 aliphatic carbocycles.